The van der Waals surface area contributed by atoms with Crippen LogP contribution >= 0.6 is 0 Å². The Morgan fingerprint density at radius 3 is 2.85 bits per heavy atom. The van der Waals surface area contributed by atoms with Crippen LogP contribution in [0, 0.1) is 11.3 Å². The van der Waals surface area contributed by atoms with E-state index in [1.54, 1.807) is 12.5 Å². The van der Waals surface area contributed by atoms with E-state index in [-0.39, 0.29) is 6.04 Å². The number of anilines is 1. The van der Waals surface area contributed by atoms with Crippen molar-refractivity contribution in [2.45, 2.75) is 19.4 Å². The van der Waals surface area contributed by atoms with Crippen LogP contribution < -0.4 is 4.90 Å². The SMILES string of the molecule is CCC(C#N)N1CCN(c2nccn3cnnc23)CC1. The maximum atomic E-state index is 9.14. The second-order valence-electron chi connectivity index (χ2n) is 4.89. The highest BCUT2D eigenvalue weighted by molar-refractivity contribution is 5.63. The highest BCUT2D eigenvalue weighted by atomic mass is 15.3. The zero-order valence-corrected chi connectivity index (χ0v) is 11.5. The molecule has 7 nitrogen and oxygen atoms in total. The van der Waals surface area contributed by atoms with Crippen molar-refractivity contribution in [1.29, 1.82) is 5.26 Å². The highest BCUT2D eigenvalue weighted by Gasteiger charge is 2.24. The largest absolute Gasteiger partial charge is 0.351 e. The Kier molecular flexibility index (Phi) is 3.48. The number of rotatable bonds is 3. The van der Waals surface area contributed by atoms with Crippen LogP contribution in [0.15, 0.2) is 18.7 Å². The van der Waals surface area contributed by atoms with E-state index in [0.29, 0.717) is 0 Å². The average Bonchev–Trinajstić information content (AvgIpc) is 2.98. The van der Waals surface area contributed by atoms with Crippen LogP contribution in [0.2, 0.25) is 0 Å². The molecule has 7 heteroatoms. The minimum absolute atomic E-state index is 0.0222. The molecular formula is C13H17N7. The molecule has 20 heavy (non-hydrogen) atoms. The molecule has 0 N–H and O–H groups in total. The standard InChI is InChI=1S/C13H17N7/c1-2-11(9-14)18-5-7-19(8-6-18)12-13-17-16-10-20(13)4-3-15-12/h3-4,10-11H,2,5-8H2,1H3. The van der Waals surface area contributed by atoms with Crippen LogP contribution in [-0.4, -0.2) is 56.7 Å². The first-order valence-electron chi connectivity index (χ1n) is 6.86. The molecule has 0 saturated carbocycles. The van der Waals surface area contributed by atoms with E-state index in [1.165, 1.54) is 0 Å². The molecule has 3 heterocycles. The number of hydrogen-bond acceptors (Lipinski definition) is 6. The Morgan fingerprint density at radius 2 is 2.15 bits per heavy atom. The molecule has 1 fully saturated rings. The Bertz CT molecular complexity index is 621. The molecule has 1 atom stereocenters. The molecule has 1 aliphatic heterocycles. The minimum atomic E-state index is 0.0222. The molecule has 0 aliphatic carbocycles. The Labute approximate surface area is 117 Å². The van der Waals surface area contributed by atoms with Gasteiger partial charge in [0.1, 0.15) is 6.33 Å². The maximum Gasteiger partial charge on any atom is 0.203 e. The van der Waals surface area contributed by atoms with Gasteiger partial charge in [0.15, 0.2) is 5.82 Å². The van der Waals surface area contributed by atoms with E-state index in [2.05, 4.69) is 38.0 Å². The van der Waals surface area contributed by atoms with Crippen LogP contribution in [0.25, 0.3) is 5.65 Å². The number of aromatic nitrogens is 4. The number of hydrogen-bond donors (Lipinski definition) is 0. The van der Waals surface area contributed by atoms with Gasteiger partial charge >= 0.3 is 0 Å². The number of nitrogens with zero attached hydrogens (tertiary/aromatic N) is 7. The number of fused-ring (bicyclic) bond motifs is 1. The molecule has 2 aromatic rings. The van der Waals surface area contributed by atoms with Gasteiger partial charge in [0.2, 0.25) is 5.65 Å². The Morgan fingerprint density at radius 1 is 1.35 bits per heavy atom. The smallest absolute Gasteiger partial charge is 0.203 e. The topological polar surface area (TPSA) is 73.4 Å². The summed E-state index contributed by atoms with van der Waals surface area (Å²) in [5.41, 5.74) is 0.785. The number of nitriles is 1. The fourth-order valence-electron chi connectivity index (χ4n) is 2.64. The summed E-state index contributed by atoms with van der Waals surface area (Å²) in [6, 6.07) is 2.39. The predicted molar refractivity (Wildman–Crippen MR) is 74.3 cm³/mol. The predicted octanol–water partition coefficient (Wildman–Crippen LogP) is 0.548. The maximum absolute atomic E-state index is 9.14. The lowest BCUT2D eigenvalue weighted by molar-refractivity contribution is 0.216. The number of piperazine rings is 1. The van der Waals surface area contributed by atoms with Crippen molar-refractivity contribution in [3.8, 4) is 6.07 Å². The van der Waals surface area contributed by atoms with Crippen LogP contribution in [-0.2, 0) is 0 Å². The van der Waals surface area contributed by atoms with Crippen molar-refractivity contribution < 1.29 is 0 Å². The zero-order valence-electron chi connectivity index (χ0n) is 11.5. The lowest BCUT2D eigenvalue weighted by Crippen LogP contribution is -2.50. The lowest BCUT2D eigenvalue weighted by atomic mass is 10.2. The molecule has 0 bridgehead atoms. The van der Waals surface area contributed by atoms with Crippen molar-refractivity contribution in [1.82, 2.24) is 24.5 Å². The molecule has 1 unspecified atom stereocenters. The fraction of sp³-hybridized carbons (Fsp3) is 0.538. The third-order valence-electron chi connectivity index (χ3n) is 3.79. The van der Waals surface area contributed by atoms with Gasteiger partial charge in [-0.3, -0.25) is 9.30 Å². The van der Waals surface area contributed by atoms with Crippen molar-refractivity contribution in [3.63, 3.8) is 0 Å². The summed E-state index contributed by atoms with van der Waals surface area (Å²) in [5, 5.41) is 17.2. The van der Waals surface area contributed by atoms with E-state index in [0.717, 1.165) is 44.1 Å². The first-order chi connectivity index (χ1) is 9.83. The van der Waals surface area contributed by atoms with Crippen molar-refractivity contribution in [2.24, 2.45) is 0 Å². The first kappa shape index (κ1) is 12.8. The monoisotopic (exact) mass is 271 g/mol. The van der Waals surface area contributed by atoms with Crippen molar-refractivity contribution in [2.75, 3.05) is 31.1 Å². The molecule has 0 spiro atoms. The molecule has 0 aromatic carbocycles. The van der Waals surface area contributed by atoms with Crippen LogP contribution in [0.5, 0.6) is 0 Å². The van der Waals surface area contributed by atoms with Crippen molar-refractivity contribution >= 4 is 11.5 Å². The molecule has 104 valence electrons. The molecule has 0 radical (unpaired) electrons. The van der Waals surface area contributed by atoms with Gasteiger partial charge in [0, 0.05) is 38.6 Å². The quantitative estimate of drug-likeness (QED) is 0.811. The second kappa shape index (κ2) is 5.43. The van der Waals surface area contributed by atoms with E-state index in [9.17, 15) is 0 Å². The second-order valence-corrected chi connectivity index (χ2v) is 4.89. The fourth-order valence-corrected chi connectivity index (χ4v) is 2.64. The molecule has 0 amide bonds. The van der Waals surface area contributed by atoms with Gasteiger partial charge in [-0.15, -0.1) is 10.2 Å². The molecule has 1 aliphatic rings. The summed E-state index contributed by atoms with van der Waals surface area (Å²) in [6.07, 6.45) is 6.16. The lowest BCUT2D eigenvalue weighted by Gasteiger charge is -2.37. The summed E-state index contributed by atoms with van der Waals surface area (Å²) in [5.74, 6) is 0.870. The molecule has 2 aromatic heterocycles. The van der Waals surface area contributed by atoms with Gasteiger partial charge in [-0.1, -0.05) is 6.92 Å². The van der Waals surface area contributed by atoms with Crippen LogP contribution in [0.1, 0.15) is 13.3 Å². The minimum Gasteiger partial charge on any atom is -0.351 e. The normalized spacial score (nSPS) is 18.1. The van der Waals surface area contributed by atoms with Gasteiger partial charge in [-0.2, -0.15) is 5.26 Å². The van der Waals surface area contributed by atoms with Gasteiger partial charge in [0.05, 0.1) is 12.1 Å². The van der Waals surface area contributed by atoms with Gasteiger partial charge in [0.25, 0.3) is 0 Å². The molecule has 3 rings (SSSR count). The Balaban J connectivity index is 1.75. The van der Waals surface area contributed by atoms with Crippen molar-refractivity contribution in [3.05, 3.63) is 18.7 Å². The van der Waals surface area contributed by atoms with Gasteiger partial charge in [-0.05, 0) is 6.42 Å². The van der Waals surface area contributed by atoms with E-state index < -0.39 is 0 Å². The molecular weight excluding hydrogens is 254 g/mol. The van der Waals surface area contributed by atoms with E-state index in [1.807, 2.05) is 10.6 Å². The average molecular weight is 271 g/mol. The Hall–Kier alpha value is -2.20. The van der Waals surface area contributed by atoms with Gasteiger partial charge in [-0.25, -0.2) is 4.98 Å². The van der Waals surface area contributed by atoms with E-state index in [4.69, 9.17) is 5.26 Å². The summed E-state index contributed by atoms with van der Waals surface area (Å²) in [4.78, 5) is 8.88. The first-order valence-corrected chi connectivity index (χ1v) is 6.86. The highest BCUT2D eigenvalue weighted by Crippen LogP contribution is 2.19. The summed E-state index contributed by atoms with van der Waals surface area (Å²) in [6.45, 7) is 5.53. The van der Waals surface area contributed by atoms with Crippen LogP contribution in [0.3, 0.4) is 0 Å². The summed E-state index contributed by atoms with van der Waals surface area (Å²) >= 11 is 0. The van der Waals surface area contributed by atoms with E-state index >= 15 is 0 Å². The summed E-state index contributed by atoms with van der Waals surface area (Å²) < 4.78 is 1.87. The third-order valence-corrected chi connectivity index (χ3v) is 3.79. The van der Waals surface area contributed by atoms with Gasteiger partial charge < -0.3 is 4.90 Å². The van der Waals surface area contributed by atoms with Crippen LogP contribution in [0.4, 0.5) is 5.82 Å². The summed E-state index contributed by atoms with van der Waals surface area (Å²) in [7, 11) is 0. The third kappa shape index (κ3) is 2.18. The zero-order chi connectivity index (χ0) is 13.9. The molecule has 1 saturated heterocycles.